The van der Waals surface area contributed by atoms with Crippen LogP contribution in [0.1, 0.15) is 32.1 Å². The zero-order valence-electron chi connectivity index (χ0n) is 15.8. The number of para-hydroxylation sites is 1. The molecule has 1 fully saturated rings. The Morgan fingerprint density at radius 3 is 2.46 bits per heavy atom. The summed E-state index contributed by atoms with van der Waals surface area (Å²) in [5, 5.41) is 5.83. The molecule has 1 saturated carbocycles. The van der Waals surface area contributed by atoms with Crippen LogP contribution >= 0.6 is 11.8 Å². The average Bonchev–Trinajstić information content (AvgIpc) is 2.70. The quantitative estimate of drug-likeness (QED) is 0.655. The minimum Gasteiger partial charge on any atom is -0.446 e. The third-order valence-corrected chi connectivity index (χ3v) is 5.64. The van der Waals surface area contributed by atoms with E-state index in [1.54, 1.807) is 11.8 Å². The van der Waals surface area contributed by atoms with E-state index < -0.39 is 6.09 Å². The maximum atomic E-state index is 12.2. The van der Waals surface area contributed by atoms with Crippen molar-refractivity contribution in [3.8, 4) is 0 Å². The molecule has 2 N–H and O–H groups in total. The Balaban J connectivity index is 1.37. The van der Waals surface area contributed by atoms with Crippen molar-refractivity contribution in [1.29, 1.82) is 0 Å². The number of hydrogen-bond donors (Lipinski definition) is 2. The van der Waals surface area contributed by atoms with Crippen LogP contribution in [0.5, 0.6) is 0 Å². The number of hydrogen-bond acceptors (Lipinski definition) is 4. The van der Waals surface area contributed by atoms with Crippen LogP contribution in [0.25, 0.3) is 0 Å². The fraction of sp³-hybridized carbons (Fsp3) is 0.364. The van der Waals surface area contributed by atoms with E-state index in [0.717, 1.165) is 25.0 Å². The standard InChI is InChI=1S/C22H26N2O3S/c25-21(14-15-28-20-12-5-2-6-13-20)23-18-10-7-11-19(16-18)27-22(26)24-17-8-3-1-4-9-17/h1-6,8-9,12-13,18-19H,7,10-11,14-16H2,(H,23,25)(H,24,26)/t18-,19+/m0/s1. The molecule has 2 atom stereocenters. The summed E-state index contributed by atoms with van der Waals surface area (Å²) < 4.78 is 5.54. The molecule has 3 rings (SSSR count). The maximum absolute atomic E-state index is 12.2. The second-order valence-corrected chi connectivity index (χ2v) is 8.03. The topological polar surface area (TPSA) is 67.4 Å². The molecule has 2 aromatic rings. The summed E-state index contributed by atoms with van der Waals surface area (Å²) in [6.07, 6.45) is 3.24. The number of carbonyl (C=O) groups is 2. The van der Waals surface area contributed by atoms with Crippen LogP contribution < -0.4 is 10.6 Å². The largest absolute Gasteiger partial charge is 0.446 e. The summed E-state index contributed by atoms with van der Waals surface area (Å²) in [5.41, 5.74) is 0.712. The summed E-state index contributed by atoms with van der Waals surface area (Å²) in [7, 11) is 0. The van der Waals surface area contributed by atoms with Crippen LogP contribution in [0.15, 0.2) is 65.6 Å². The lowest BCUT2D eigenvalue weighted by Crippen LogP contribution is -2.41. The second-order valence-electron chi connectivity index (χ2n) is 6.86. The average molecular weight is 399 g/mol. The summed E-state index contributed by atoms with van der Waals surface area (Å²) in [6, 6.07) is 19.4. The number of carbonyl (C=O) groups excluding carboxylic acids is 2. The SMILES string of the molecule is O=C(CCSc1ccccc1)N[C@H]1CCC[C@@H](OC(=O)Nc2ccccc2)C1. The van der Waals surface area contributed by atoms with Gasteiger partial charge in [-0.1, -0.05) is 36.4 Å². The van der Waals surface area contributed by atoms with Crippen LogP contribution in [0.3, 0.4) is 0 Å². The van der Waals surface area contributed by atoms with Crippen molar-refractivity contribution in [3.05, 3.63) is 60.7 Å². The Hall–Kier alpha value is -2.47. The molecule has 2 amide bonds. The summed E-state index contributed by atoms with van der Waals surface area (Å²) >= 11 is 1.68. The molecule has 148 valence electrons. The van der Waals surface area contributed by atoms with Crippen LogP contribution in [-0.2, 0) is 9.53 Å². The third-order valence-electron chi connectivity index (χ3n) is 4.63. The molecule has 1 aliphatic rings. The number of anilines is 1. The molecule has 0 heterocycles. The van der Waals surface area contributed by atoms with Gasteiger partial charge in [-0.15, -0.1) is 11.8 Å². The number of benzene rings is 2. The highest BCUT2D eigenvalue weighted by atomic mass is 32.2. The van der Waals surface area contributed by atoms with E-state index in [4.69, 9.17) is 4.74 Å². The Kier molecular flexibility index (Phi) is 7.79. The van der Waals surface area contributed by atoms with Crippen molar-refractivity contribution >= 4 is 29.4 Å². The number of nitrogens with one attached hydrogen (secondary N) is 2. The maximum Gasteiger partial charge on any atom is 0.411 e. The van der Waals surface area contributed by atoms with Crippen molar-refractivity contribution in [2.45, 2.75) is 49.1 Å². The van der Waals surface area contributed by atoms with Crippen molar-refractivity contribution < 1.29 is 14.3 Å². The van der Waals surface area contributed by atoms with Gasteiger partial charge in [0.25, 0.3) is 0 Å². The summed E-state index contributed by atoms with van der Waals surface area (Å²) in [5.74, 6) is 0.810. The molecule has 2 aromatic carbocycles. The van der Waals surface area contributed by atoms with Crippen LogP contribution in [0.2, 0.25) is 0 Å². The number of amides is 2. The lowest BCUT2D eigenvalue weighted by molar-refractivity contribution is -0.121. The fourth-order valence-electron chi connectivity index (χ4n) is 3.28. The van der Waals surface area contributed by atoms with E-state index in [-0.39, 0.29) is 18.1 Å². The highest BCUT2D eigenvalue weighted by Crippen LogP contribution is 2.22. The van der Waals surface area contributed by atoms with Gasteiger partial charge in [-0.05, 0) is 43.5 Å². The zero-order chi connectivity index (χ0) is 19.6. The minimum atomic E-state index is -0.442. The Labute approximate surface area is 170 Å². The predicted molar refractivity (Wildman–Crippen MR) is 113 cm³/mol. The van der Waals surface area contributed by atoms with Gasteiger partial charge in [-0.25, -0.2) is 4.79 Å². The molecule has 1 aliphatic carbocycles. The smallest absolute Gasteiger partial charge is 0.411 e. The minimum absolute atomic E-state index is 0.0582. The molecule has 0 saturated heterocycles. The molecule has 5 nitrogen and oxygen atoms in total. The molecule has 0 aromatic heterocycles. The Morgan fingerprint density at radius 1 is 1.00 bits per heavy atom. The highest BCUT2D eigenvalue weighted by Gasteiger charge is 2.26. The van der Waals surface area contributed by atoms with Gasteiger partial charge in [0.15, 0.2) is 0 Å². The normalized spacial score (nSPS) is 18.9. The number of ether oxygens (including phenoxy) is 1. The first kappa shape index (κ1) is 20.3. The van der Waals surface area contributed by atoms with Crippen molar-refractivity contribution in [2.75, 3.05) is 11.1 Å². The van der Waals surface area contributed by atoms with Gasteiger partial charge in [0.1, 0.15) is 6.10 Å². The Morgan fingerprint density at radius 2 is 1.71 bits per heavy atom. The van der Waals surface area contributed by atoms with Crippen molar-refractivity contribution in [1.82, 2.24) is 5.32 Å². The summed E-state index contributed by atoms with van der Waals surface area (Å²) in [4.78, 5) is 25.5. The van der Waals surface area contributed by atoms with Crippen molar-refractivity contribution in [3.63, 3.8) is 0 Å². The molecule has 0 unspecified atom stereocenters. The van der Waals surface area contributed by atoms with E-state index in [1.807, 2.05) is 60.7 Å². The van der Waals surface area contributed by atoms with E-state index in [0.29, 0.717) is 18.5 Å². The molecule has 0 aliphatic heterocycles. The van der Waals surface area contributed by atoms with Gasteiger partial charge in [-0.2, -0.15) is 0 Å². The first-order valence-corrected chi connectivity index (χ1v) is 10.7. The zero-order valence-corrected chi connectivity index (χ0v) is 16.6. The number of thioether (sulfide) groups is 1. The van der Waals surface area contributed by atoms with Crippen LogP contribution in [0.4, 0.5) is 10.5 Å². The first-order valence-electron chi connectivity index (χ1n) is 9.69. The predicted octanol–water partition coefficient (Wildman–Crippen LogP) is 4.84. The van der Waals surface area contributed by atoms with Crippen LogP contribution in [-0.4, -0.2) is 29.9 Å². The van der Waals surface area contributed by atoms with Gasteiger partial charge < -0.3 is 10.1 Å². The Bertz CT molecular complexity index is 755. The number of rotatable bonds is 7. The van der Waals surface area contributed by atoms with Gasteiger partial charge in [0, 0.05) is 35.2 Å². The lowest BCUT2D eigenvalue weighted by Gasteiger charge is -2.29. The van der Waals surface area contributed by atoms with Gasteiger partial charge in [0.05, 0.1) is 0 Å². The van der Waals surface area contributed by atoms with E-state index in [1.165, 1.54) is 4.90 Å². The molecular formula is C22H26N2O3S. The van der Waals surface area contributed by atoms with Crippen LogP contribution in [0, 0.1) is 0 Å². The van der Waals surface area contributed by atoms with Gasteiger partial charge in [0.2, 0.25) is 5.91 Å². The van der Waals surface area contributed by atoms with E-state index >= 15 is 0 Å². The monoisotopic (exact) mass is 398 g/mol. The second kappa shape index (κ2) is 10.8. The molecule has 0 bridgehead atoms. The highest BCUT2D eigenvalue weighted by molar-refractivity contribution is 7.99. The molecule has 0 spiro atoms. The van der Waals surface area contributed by atoms with Gasteiger partial charge >= 0.3 is 6.09 Å². The molecule has 0 radical (unpaired) electrons. The molecule has 28 heavy (non-hydrogen) atoms. The third kappa shape index (κ3) is 6.93. The van der Waals surface area contributed by atoms with E-state index in [2.05, 4.69) is 10.6 Å². The fourth-order valence-corrected chi connectivity index (χ4v) is 4.15. The molecular weight excluding hydrogens is 372 g/mol. The van der Waals surface area contributed by atoms with Crippen molar-refractivity contribution in [2.24, 2.45) is 0 Å². The first-order chi connectivity index (χ1) is 13.7. The molecule has 6 heteroatoms. The van der Waals surface area contributed by atoms with E-state index in [9.17, 15) is 9.59 Å². The summed E-state index contributed by atoms with van der Waals surface area (Å²) in [6.45, 7) is 0. The lowest BCUT2D eigenvalue weighted by atomic mass is 9.93. The van der Waals surface area contributed by atoms with Gasteiger partial charge in [-0.3, -0.25) is 10.1 Å².